The van der Waals surface area contributed by atoms with E-state index in [1.54, 1.807) is 0 Å². The third-order valence-corrected chi connectivity index (χ3v) is 6.01. The van der Waals surface area contributed by atoms with Gasteiger partial charge >= 0.3 is 15.6 Å². The Kier molecular flexibility index (Phi) is 11.9. The molecule has 38 heavy (non-hydrogen) atoms. The van der Waals surface area contributed by atoms with Gasteiger partial charge in [-0.25, -0.2) is 9.13 Å². The molecule has 0 bridgehead atoms. The number of phosphoric acid groups is 2. The lowest BCUT2D eigenvalue weighted by atomic mass is 9.99. The SMILES string of the molecule is NCCCC(N=Cc1cc(OP(=O)(O)O)ccc1O)C(CCCN)N=Cc1cc(OP(=O)(O)O)ccc1O. The molecule has 0 spiro atoms. The zero-order valence-electron chi connectivity index (χ0n) is 20.3. The molecule has 0 saturated carbocycles. The summed E-state index contributed by atoms with van der Waals surface area (Å²) in [4.78, 5) is 45.2. The van der Waals surface area contributed by atoms with E-state index in [2.05, 4.69) is 19.0 Å². The van der Waals surface area contributed by atoms with Gasteiger partial charge in [-0.15, -0.1) is 0 Å². The molecule has 0 aliphatic carbocycles. The minimum absolute atomic E-state index is 0.148. The van der Waals surface area contributed by atoms with E-state index in [9.17, 15) is 19.3 Å². The average molecular weight is 574 g/mol. The van der Waals surface area contributed by atoms with Crippen LogP contribution < -0.4 is 20.5 Å². The summed E-state index contributed by atoms with van der Waals surface area (Å²) in [5.41, 5.74) is 11.7. The molecule has 2 aromatic carbocycles. The van der Waals surface area contributed by atoms with Crippen molar-refractivity contribution in [1.29, 1.82) is 0 Å². The first-order chi connectivity index (χ1) is 17.8. The highest BCUT2D eigenvalue weighted by Crippen LogP contribution is 2.39. The number of phosphoric ester groups is 2. The number of hydrogen-bond donors (Lipinski definition) is 8. The minimum atomic E-state index is -4.81. The van der Waals surface area contributed by atoms with E-state index in [4.69, 9.17) is 31.0 Å². The van der Waals surface area contributed by atoms with Crippen LogP contribution in [0.15, 0.2) is 46.4 Å². The molecule has 0 saturated heterocycles. The minimum Gasteiger partial charge on any atom is -0.507 e. The number of aromatic hydroxyl groups is 2. The van der Waals surface area contributed by atoms with Crippen LogP contribution in [0.3, 0.4) is 0 Å². The number of phenolic OH excluding ortho intramolecular Hbond substituents is 2. The Bertz CT molecular complexity index is 1120. The fraction of sp³-hybridized carbons (Fsp3) is 0.364. The third-order valence-electron chi connectivity index (χ3n) is 5.11. The molecule has 16 heteroatoms. The smallest absolute Gasteiger partial charge is 0.507 e. The normalized spacial score (nSPS) is 14.2. The van der Waals surface area contributed by atoms with Gasteiger partial charge in [-0.1, -0.05) is 0 Å². The third kappa shape index (κ3) is 11.3. The van der Waals surface area contributed by atoms with Crippen LogP contribution in [0, 0.1) is 0 Å². The van der Waals surface area contributed by atoms with Crippen molar-refractivity contribution in [1.82, 2.24) is 0 Å². The summed E-state index contributed by atoms with van der Waals surface area (Å²) in [6, 6.07) is 6.32. The predicted octanol–water partition coefficient (Wildman–Crippen LogP) is 1.79. The lowest BCUT2D eigenvalue weighted by Crippen LogP contribution is -2.25. The Morgan fingerprint density at radius 2 is 1.11 bits per heavy atom. The van der Waals surface area contributed by atoms with Crippen molar-refractivity contribution in [2.75, 3.05) is 13.1 Å². The molecular weight excluding hydrogens is 542 g/mol. The van der Waals surface area contributed by atoms with Crippen LogP contribution in [-0.2, 0) is 9.13 Å². The van der Waals surface area contributed by atoms with Gasteiger partial charge < -0.3 is 30.7 Å². The largest absolute Gasteiger partial charge is 0.524 e. The van der Waals surface area contributed by atoms with Gasteiger partial charge in [0.15, 0.2) is 0 Å². The van der Waals surface area contributed by atoms with E-state index < -0.39 is 27.7 Å². The summed E-state index contributed by atoms with van der Waals surface area (Å²) < 4.78 is 31.4. The zero-order valence-corrected chi connectivity index (χ0v) is 22.1. The Morgan fingerprint density at radius 1 is 0.737 bits per heavy atom. The van der Waals surface area contributed by atoms with Crippen molar-refractivity contribution < 1.29 is 48.0 Å². The highest BCUT2D eigenvalue weighted by molar-refractivity contribution is 7.47. The van der Waals surface area contributed by atoms with E-state index in [-0.39, 0.29) is 34.1 Å². The topological polar surface area (TPSA) is 251 Å². The Balaban J connectivity index is 2.38. The number of nitrogens with zero attached hydrogens (tertiary/aromatic N) is 2. The molecular formula is C22H32N4O10P2. The number of hydrogen-bond acceptors (Lipinski definition) is 10. The summed E-state index contributed by atoms with van der Waals surface area (Å²) in [5.74, 6) is -0.722. The van der Waals surface area contributed by atoms with Gasteiger partial charge in [0.1, 0.15) is 23.0 Å². The van der Waals surface area contributed by atoms with Crippen LogP contribution in [0.4, 0.5) is 0 Å². The van der Waals surface area contributed by atoms with Crippen molar-refractivity contribution >= 4 is 28.1 Å². The van der Waals surface area contributed by atoms with Crippen molar-refractivity contribution in [2.24, 2.45) is 21.5 Å². The number of nitrogens with two attached hydrogens (primary N) is 2. The quantitative estimate of drug-likeness (QED) is 0.112. The molecule has 0 radical (unpaired) electrons. The Labute approximate surface area is 219 Å². The molecule has 2 atom stereocenters. The summed E-state index contributed by atoms with van der Waals surface area (Å²) >= 11 is 0. The standard InChI is InChI=1S/C22H32N4O10P2/c23-9-1-3-19(25-13-15-11-17(5-7-21(15)27)35-37(29,30)31)20(4-2-10-24)26-14-16-12-18(6-8-22(16)28)36-38(32,33)34/h5-8,11-14,19-20,27-28H,1-4,9-10,23-24H2,(H2,29,30,31)(H2,32,33,34). The molecule has 2 unspecified atom stereocenters. The maximum atomic E-state index is 11.1. The average Bonchev–Trinajstić information content (AvgIpc) is 2.81. The number of phenols is 2. The van der Waals surface area contributed by atoms with Crippen molar-refractivity contribution in [3.63, 3.8) is 0 Å². The van der Waals surface area contributed by atoms with Gasteiger partial charge in [0.05, 0.1) is 12.1 Å². The zero-order chi connectivity index (χ0) is 28.3. The second-order valence-electron chi connectivity index (χ2n) is 8.16. The highest BCUT2D eigenvalue weighted by atomic mass is 31.2. The van der Waals surface area contributed by atoms with E-state index >= 15 is 0 Å². The molecule has 10 N–H and O–H groups in total. The first kappa shape index (κ1) is 31.4. The van der Waals surface area contributed by atoms with E-state index in [1.165, 1.54) is 48.8 Å². The van der Waals surface area contributed by atoms with Gasteiger partial charge in [-0.2, -0.15) is 0 Å². The molecule has 0 aliphatic heterocycles. The fourth-order valence-electron chi connectivity index (χ4n) is 3.40. The van der Waals surface area contributed by atoms with Crippen LogP contribution in [0.2, 0.25) is 0 Å². The Morgan fingerprint density at radius 3 is 1.42 bits per heavy atom. The molecule has 14 nitrogen and oxygen atoms in total. The number of benzene rings is 2. The molecule has 0 fully saturated rings. The van der Waals surface area contributed by atoms with Crippen LogP contribution in [-0.4, -0.2) is 67.4 Å². The van der Waals surface area contributed by atoms with Gasteiger partial charge in [-0.05, 0) is 75.2 Å². The number of aliphatic imine (C=N–C) groups is 2. The van der Waals surface area contributed by atoms with Gasteiger partial charge in [-0.3, -0.25) is 29.6 Å². The second kappa shape index (κ2) is 14.4. The first-order valence-electron chi connectivity index (χ1n) is 11.4. The summed E-state index contributed by atoms with van der Waals surface area (Å²) in [5, 5.41) is 20.4. The van der Waals surface area contributed by atoms with Crippen LogP contribution in [0.25, 0.3) is 0 Å². The maximum Gasteiger partial charge on any atom is 0.524 e. The van der Waals surface area contributed by atoms with Crippen molar-refractivity contribution in [2.45, 2.75) is 37.8 Å². The van der Waals surface area contributed by atoms with Gasteiger partial charge in [0.2, 0.25) is 0 Å². The molecule has 210 valence electrons. The van der Waals surface area contributed by atoms with Crippen molar-refractivity contribution in [3.8, 4) is 23.0 Å². The lowest BCUT2D eigenvalue weighted by molar-refractivity contribution is 0.280. The van der Waals surface area contributed by atoms with Crippen LogP contribution >= 0.6 is 15.6 Å². The fourth-order valence-corrected chi connectivity index (χ4v) is 4.18. The highest BCUT2D eigenvalue weighted by Gasteiger charge is 2.21. The molecule has 0 aliphatic rings. The molecule has 0 amide bonds. The first-order valence-corrected chi connectivity index (χ1v) is 14.5. The molecule has 2 rings (SSSR count). The lowest BCUT2D eigenvalue weighted by Gasteiger charge is -2.21. The number of rotatable bonds is 15. The molecule has 0 heterocycles. The predicted molar refractivity (Wildman–Crippen MR) is 141 cm³/mol. The Hall–Kier alpha value is -2.80. The summed E-state index contributed by atoms with van der Waals surface area (Å²) in [7, 11) is -9.61. The maximum absolute atomic E-state index is 11.1. The molecule has 0 aromatic heterocycles. The van der Waals surface area contributed by atoms with Crippen molar-refractivity contribution in [3.05, 3.63) is 47.5 Å². The van der Waals surface area contributed by atoms with E-state index in [0.717, 1.165) is 0 Å². The second-order valence-corrected chi connectivity index (χ2v) is 10.5. The van der Waals surface area contributed by atoms with Crippen LogP contribution in [0.1, 0.15) is 36.8 Å². The summed E-state index contributed by atoms with van der Waals surface area (Å²) in [6.07, 6.45) is 4.82. The summed E-state index contributed by atoms with van der Waals surface area (Å²) in [6.45, 7) is 0.748. The van der Waals surface area contributed by atoms with Gasteiger partial charge in [0, 0.05) is 23.6 Å². The van der Waals surface area contributed by atoms with Crippen LogP contribution in [0.5, 0.6) is 23.0 Å². The van der Waals surface area contributed by atoms with Gasteiger partial charge in [0.25, 0.3) is 0 Å². The van der Waals surface area contributed by atoms with E-state index in [1.807, 2.05) is 0 Å². The monoisotopic (exact) mass is 574 g/mol. The molecule has 2 aromatic rings. The van der Waals surface area contributed by atoms with E-state index in [0.29, 0.717) is 38.8 Å².